The van der Waals surface area contributed by atoms with Crippen molar-refractivity contribution in [2.45, 2.75) is 38.2 Å². The molecule has 3 nitrogen and oxygen atoms in total. The van der Waals surface area contributed by atoms with Crippen LogP contribution in [0.2, 0.25) is 0 Å². The molecule has 1 aliphatic carbocycles. The third-order valence-electron chi connectivity index (χ3n) is 2.99. The lowest BCUT2D eigenvalue weighted by Crippen LogP contribution is -2.42. The Morgan fingerprint density at radius 3 is 2.67 bits per heavy atom. The van der Waals surface area contributed by atoms with Crippen molar-refractivity contribution in [3.8, 4) is 0 Å². The van der Waals surface area contributed by atoms with Gasteiger partial charge in [-0.15, -0.1) is 0 Å². The summed E-state index contributed by atoms with van der Waals surface area (Å²) in [7, 11) is 0. The van der Waals surface area contributed by atoms with Crippen molar-refractivity contribution in [1.29, 1.82) is 0 Å². The van der Waals surface area contributed by atoms with Gasteiger partial charge in [-0.1, -0.05) is 19.8 Å². The van der Waals surface area contributed by atoms with Crippen LogP contribution in [0.5, 0.6) is 0 Å². The van der Waals surface area contributed by atoms with Gasteiger partial charge in [0.05, 0.1) is 5.60 Å². The Bertz CT molecular complexity index is 215. The third kappa shape index (κ3) is 4.03. The van der Waals surface area contributed by atoms with Crippen molar-refractivity contribution >= 4 is 17.7 Å². The molecule has 0 aromatic heterocycles. The zero-order valence-corrected chi connectivity index (χ0v) is 10.4. The Labute approximate surface area is 96.0 Å². The van der Waals surface area contributed by atoms with Gasteiger partial charge in [-0.2, -0.15) is 11.8 Å². The lowest BCUT2D eigenvalue weighted by molar-refractivity contribution is -0.125. The second-order valence-electron chi connectivity index (χ2n) is 4.51. The van der Waals surface area contributed by atoms with Crippen LogP contribution in [-0.4, -0.2) is 35.2 Å². The SMILES string of the molecule is CSCC(C)C(=O)NCC1(O)CCCC1. The zero-order valence-electron chi connectivity index (χ0n) is 9.58. The second kappa shape index (κ2) is 5.75. The van der Waals surface area contributed by atoms with Crippen molar-refractivity contribution in [2.75, 3.05) is 18.6 Å². The van der Waals surface area contributed by atoms with E-state index in [9.17, 15) is 9.90 Å². The minimum atomic E-state index is -0.630. The first-order chi connectivity index (χ1) is 7.07. The molecule has 0 aromatic rings. The number of hydrogen-bond donors (Lipinski definition) is 2. The van der Waals surface area contributed by atoms with E-state index < -0.39 is 5.60 Å². The van der Waals surface area contributed by atoms with Gasteiger partial charge in [0, 0.05) is 18.2 Å². The lowest BCUT2D eigenvalue weighted by Gasteiger charge is -2.23. The van der Waals surface area contributed by atoms with Gasteiger partial charge in [0.1, 0.15) is 0 Å². The molecule has 0 aromatic carbocycles. The van der Waals surface area contributed by atoms with E-state index in [1.807, 2.05) is 13.2 Å². The van der Waals surface area contributed by atoms with Crippen molar-refractivity contribution in [3.63, 3.8) is 0 Å². The number of hydrogen-bond acceptors (Lipinski definition) is 3. The summed E-state index contributed by atoms with van der Waals surface area (Å²) < 4.78 is 0. The number of aliphatic hydroxyl groups is 1. The Hall–Kier alpha value is -0.220. The number of carbonyl (C=O) groups excluding carboxylic acids is 1. The molecule has 1 rings (SSSR count). The summed E-state index contributed by atoms with van der Waals surface area (Å²) in [6, 6.07) is 0. The third-order valence-corrected chi connectivity index (χ3v) is 3.82. The standard InChI is InChI=1S/C11H21NO2S/c1-9(7-15-2)10(13)12-8-11(14)5-3-4-6-11/h9,14H,3-8H2,1-2H3,(H,12,13). The average Bonchev–Trinajstić information content (AvgIpc) is 2.63. The number of nitrogens with one attached hydrogen (secondary N) is 1. The fraction of sp³-hybridized carbons (Fsp3) is 0.909. The number of thioether (sulfide) groups is 1. The molecule has 15 heavy (non-hydrogen) atoms. The second-order valence-corrected chi connectivity index (χ2v) is 5.42. The molecule has 4 heteroatoms. The molecule has 0 saturated heterocycles. The van der Waals surface area contributed by atoms with E-state index in [4.69, 9.17) is 0 Å². The van der Waals surface area contributed by atoms with Crippen molar-refractivity contribution in [2.24, 2.45) is 5.92 Å². The molecule has 88 valence electrons. The Morgan fingerprint density at radius 2 is 2.13 bits per heavy atom. The monoisotopic (exact) mass is 231 g/mol. The number of rotatable bonds is 5. The van der Waals surface area contributed by atoms with Gasteiger partial charge < -0.3 is 10.4 Å². The van der Waals surface area contributed by atoms with E-state index in [0.29, 0.717) is 6.54 Å². The van der Waals surface area contributed by atoms with Gasteiger partial charge in [0.25, 0.3) is 0 Å². The smallest absolute Gasteiger partial charge is 0.223 e. The molecule has 1 fully saturated rings. The summed E-state index contributed by atoms with van der Waals surface area (Å²) in [5.41, 5.74) is -0.630. The Morgan fingerprint density at radius 1 is 1.53 bits per heavy atom. The first-order valence-corrected chi connectivity index (χ1v) is 6.96. The van der Waals surface area contributed by atoms with Crippen LogP contribution >= 0.6 is 11.8 Å². The zero-order chi connectivity index (χ0) is 11.3. The number of amides is 1. The molecule has 0 heterocycles. The van der Waals surface area contributed by atoms with Crippen LogP contribution in [0.25, 0.3) is 0 Å². The molecule has 0 aliphatic heterocycles. The summed E-state index contributed by atoms with van der Waals surface area (Å²) in [6.45, 7) is 2.34. The molecule has 1 unspecified atom stereocenters. The molecule has 1 atom stereocenters. The van der Waals surface area contributed by atoms with Crippen molar-refractivity contribution < 1.29 is 9.90 Å². The highest BCUT2D eigenvalue weighted by molar-refractivity contribution is 7.98. The highest BCUT2D eigenvalue weighted by atomic mass is 32.2. The highest BCUT2D eigenvalue weighted by Gasteiger charge is 2.31. The summed E-state index contributed by atoms with van der Waals surface area (Å²) in [5, 5.41) is 12.9. The maximum Gasteiger partial charge on any atom is 0.223 e. The van der Waals surface area contributed by atoms with Crippen LogP contribution in [0, 0.1) is 5.92 Å². The van der Waals surface area contributed by atoms with Crippen LogP contribution in [0.3, 0.4) is 0 Å². The van der Waals surface area contributed by atoms with Crippen molar-refractivity contribution in [1.82, 2.24) is 5.32 Å². The van der Waals surface area contributed by atoms with Gasteiger partial charge in [0.15, 0.2) is 0 Å². The molecule has 0 spiro atoms. The Kier molecular flexibility index (Phi) is 4.93. The summed E-state index contributed by atoms with van der Waals surface area (Å²) in [6.07, 6.45) is 5.79. The summed E-state index contributed by atoms with van der Waals surface area (Å²) in [4.78, 5) is 11.6. The van der Waals surface area contributed by atoms with Gasteiger partial charge in [0.2, 0.25) is 5.91 Å². The molecule has 2 N–H and O–H groups in total. The largest absolute Gasteiger partial charge is 0.388 e. The maximum atomic E-state index is 11.6. The maximum absolute atomic E-state index is 11.6. The van der Waals surface area contributed by atoms with Gasteiger partial charge >= 0.3 is 0 Å². The van der Waals surface area contributed by atoms with E-state index in [0.717, 1.165) is 31.4 Å². The fourth-order valence-electron chi connectivity index (χ4n) is 1.96. The predicted octanol–water partition coefficient (Wildman–Crippen LogP) is 1.41. The van der Waals surface area contributed by atoms with E-state index in [2.05, 4.69) is 5.32 Å². The molecule has 0 bridgehead atoms. The van der Waals surface area contributed by atoms with E-state index in [1.54, 1.807) is 11.8 Å². The highest BCUT2D eigenvalue weighted by Crippen LogP contribution is 2.28. The minimum Gasteiger partial charge on any atom is -0.388 e. The van der Waals surface area contributed by atoms with Gasteiger partial charge in [-0.05, 0) is 19.1 Å². The predicted molar refractivity (Wildman–Crippen MR) is 64.0 cm³/mol. The average molecular weight is 231 g/mol. The lowest BCUT2D eigenvalue weighted by atomic mass is 10.0. The van der Waals surface area contributed by atoms with Crippen LogP contribution < -0.4 is 5.32 Å². The van der Waals surface area contributed by atoms with Crippen LogP contribution in [0.4, 0.5) is 0 Å². The fourth-order valence-corrected chi connectivity index (χ4v) is 2.61. The van der Waals surface area contributed by atoms with Crippen LogP contribution in [-0.2, 0) is 4.79 Å². The van der Waals surface area contributed by atoms with Crippen molar-refractivity contribution in [3.05, 3.63) is 0 Å². The minimum absolute atomic E-state index is 0.0324. The molecule has 0 radical (unpaired) electrons. The molecule has 1 amide bonds. The summed E-state index contributed by atoms with van der Waals surface area (Å²) in [5.74, 6) is 0.930. The normalized spacial score (nSPS) is 21.3. The number of carbonyl (C=O) groups is 1. The van der Waals surface area contributed by atoms with Gasteiger partial charge in [-0.25, -0.2) is 0 Å². The molecule has 1 saturated carbocycles. The Balaban J connectivity index is 2.26. The first kappa shape index (κ1) is 12.8. The first-order valence-electron chi connectivity index (χ1n) is 5.56. The van der Waals surface area contributed by atoms with E-state index >= 15 is 0 Å². The summed E-state index contributed by atoms with van der Waals surface area (Å²) >= 11 is 1.67. The van der Waals surface area contributed by atoms with Crippen LogP contribution in [0.1, 0.15) is 32.6 Å². The quantitative estimate of drug-likeness (QED) is 0.752. The van der Waals surface area contributed by atoms with E-state index in [1.165, 1.54) is 0 Å². The van der Waals surface area contributed by atoms with Gasteiger partial charge in [-0.3, -0.25) is 4.79 Å². The van der Waals surface area contributed by atoms with Crippen LogP contribution in [0.15, 0.2) is 0 Å². The van der Waals surface area contributed by atoms with E-state index in [-0.39, 0.29) is 11.8 Å². The molecule has 1 aliphatic rings. The molecular weight excluding hydrogens is 210 g/mol. The molecular formula is C11H21NO2S. The topological polar surface area (TPSA) is 49.3 Å².